The summed E-state index contributed by atoms with van der Waals surface area (Å²) in [6.45, 7) is 1.84. The van der Waals surface area contributed by atoms with Gasteiger partial charge in [-0.1, -0.05) is 0 Å². The van der Waals surface area contributed by atoms with Crippen molar-refractivity contribution in [1.82, 2.24) is 15.6 Å². The molecule has 0 saturated carbocycles. The van der Waals surface area contributed by atoms with Crippen molar-refractivity contribution in [3.8, 4) is 0 Å². The first-order chi connectivity index (χ1) is 9.60. The Kier molecular flexibility index (Phi) is 4.65. The molecule has 1 aliphatic rings. The minimum absolute atomic E-state index is 0.0706. The lowest BCUT2D eigenvalue weighted by Crippen LogP contribution is -2.33. The van der Waals surface area contributed by atoms with Crippen LogP contribution in [-0.4, -0.2) is 36.3 Å². The molecule has 1 aromatic rings. The zero-order valence-corrected chi connectivity index (χ0v) is 11.0. The summed E-state index contributed by atoms with van der Waals surface area (Å²) in [5, 5.41) is 2.76. The van der Waals surface area contributed by atoms with Crippen molar-refractivity contribution in [2.24, 2.45) is 5.84 Å². The largest absolute Gasteiger partial charge is 0.355 e. The molecule has 6 nitrogen and oxygen atoms in total. The van der Waals surface area contributed by atoms with Crippen molar-refractivity contribution < 1.29 is 14.0 Å². The molecule has 0 radical (unpaired) electrons. The lowest BCUT2D eigenvalue weighted by molar-refractivity contribution is -0.121. The summed E-state index contributed by atoms with van der Waals surface area (Å²) in [6, 6.07) is 4.06. The number of halogens is 1. The van der Waals surface area contributed by atoms with Crippen LogP contribution < -0.4 is 16.6 Å². The third-order valence-electron chi connectivity index (χ3n) is 3.17. The Bertz CT molecular complexity index is 521. The Morgan fingerprint density at radius 3 is 3.05 bits per heavy atom. The highest BCUT2D eigenvalue weighted by atomic mass is 19.1. The Hall–Kier alpha value is -1.99. The molecule has 0 unspecified atom stereocenters. The molecule has 2 rings (SSSR count). The van der Waals surface area contributed by atoms with Gasteiger partial charge in [-0.25, -0.2) is 10.2 Å². The third-order valence-corrected chi connectivity index (χ3v) is 3.17. The minimum Gasteiger partial charge on any atom is -0.355 e. The first-order valence-electron chi connectivity index (χ1n) is 6.38. The van der Waals surface area contributed by atoms with E-state index in [1.54, 1.807) is 0 Å². The second-order valence-electron chi connectivity index (χ2n) is 4.69. The standard InChI is InChI=1S/C13H17FN4O2/c14-11-3-2-9(13(20)17-15)6-10(11)7-18-5-1-4-16-12(19)8-18/h2-3,6H,1,4-5,7-8,15H2,(H,16,19)(H,17,20). The van der Waals surface area contributed by atoms with E-state index in [4.69, 9.17) is 5.84 Å². The molecule has 0 aromatic heterocycles. The number of carbonyl (C=O) groups is 2. The van der Waals surface area contributed by atoms with Crippen LogP contribution in [0.15, 0.2) is 18.2 Å². The summed E-state index contributed by atoms with van der Waals surface area (Å²) in [4.78, 5) is 24.8. The second kappa shape index (κ2) is 6.44. The van der Waals surface area contributed by atoms with E-state index >= 15 is 0 Å². The molecule has 1 heterocycles. The van der Waals surface area contributed by atoms with Gasteiger partial charge in [-0.3, -0.25) is 19.9 Å². The fourth-order valence-corrected chi connectivity index (χ4v) is 2.16. The monoisotopic (exact) mass is 280 g/mol. The molecule has 0 atom stereocenters. The maximum absolute atomic E-state index is 13.8. The predicted octanol–water partition coefficient (Wildman–Crippen LogP) is -0.249. The number of rotatable bonds is 3. The van der Waals surface area contributed by atoms with E-state index in [-0.39, 0.29) is 19.0 Å². The molecule has 4 N–H and O–H groups in total. The number of nitrogens with zero attached hydrogens (tertiary/aromatic N) is 1. The molecule has 20 heavy (non-hydrogen) atoms. The van der Waals surface area contributed by atoms with Crippen LogP contribution in [0.25, 0.3) is 0 Å². The van der Waals surface area contributed by atoms with E-state index in [1.807, 2.05) is 10.3 Å². The Balaban J connectivity index is 2.15. The summed E-state index contributed by atoms with van der Waals surface area (Å²) in [7, 11) is 0. The van der Waals surface area contributed by atoms with Gasteiger partial charge in [-0.2, -0.15) is 0 Å². The maximum Gasteiger partial charge on any atom is 0.265 e. The second-order valence-corrected chi connectivity index (χ2v) is 4.69. The van der Waals surface area contributed by atoms with Crippen LogP contribution in [0.3, 0.4) is 0 Å². The molecule has 1 aliphatic heterocycles. The van der Waals surface area contributed by atoms with Crippen LogP contribution in [0.4, 0.5) is 4.39 Å². The molecule has 2 amide bonds. The zero-order valence-electron chi connectivity index (χ0n) is 11.0. The summed E-state index contributed by atoms with van der Waals surface area (Å²) in [6.07, 6.45) is 0.816. The highest BCUT2D eigenvalue weighted by Gasteiger charge is 2.17. The Morgan fingerprint density at radius 2 is 2.30 bits per heavy atom. The number of hydrogen-bond donors (Lipinski definition) is 3. The van der Waals surface area contributed by atoms with Gasteiger partial charge in [0.1, 0.15) is 5.82 Å². The molecule has 0 aliphatic carbocycles. The van der Waals surface area contributed by atoms with Gasteiger partial charge in [-0.15, -0.1) is 0 Å². The van der Waals surface area contributed by atoms with E-state index < -0.39 is 11.7 Å². The lowest BCUT2D eigenvalue weighted by Gasteiger charge is -2.19. The Labute approximate surface area is 116 Å². The smallest absolute Gasteiger partial charge is 0.265 e. The van der Waals surface area contributed by atoms with Crippen molar-refractivity contribution in [1.29, 1.82) is 0 Å². The first-order valence-corrected chi connectivity index (χ1v) is 6.38. The molecule has 1 saturated heterocycles. The Morgan fingerprint density at radius 1 is 1.50 bits per heavy atom. The quantitative estimate of drug-likeness (QED) is 0.405. The van der Waals surface area contributed by atoms with Crippen molar-refractivity contribution in [3.63, 3.8) is 0 Å². The SMILES string of the molecule is NNC(=O)c1ccc(F)c(CN2CCCNC(=O)C2)c1. The molecule has 1 fully saturated rings. The average molecular weight is 280 g/mol. The fraction of sp³-hybridized carbons (Fsp3) is 0.385. The van der Waals surface area contributed by atoms with Crippen LogP contribution in [0, 0.1) is 5.82 Å². The third kappa shape index (κ3) is 3.52. The summed E-state index contributed by atoms with van der Waals surface area (Å²) in [5.41, 5.74) is 2.68. The highest BCUT2D eigenvalue weighted by molar-refractivity contribution is 5.93. The van der Waals surface area contributed by atoms with Crippen LogP contribution in [-0.2, 0) is 11.3 Å². The minimum atomic E-state index is -0.472. The van der Waals surface area contributed by atoms with E-state index in [0.717, 1.165) is 6.42 Å². The van der Waals surface area contributed by atoms with Crippen LogP contribution >= 0.6 is 0 Å². The van der Waals surface area contributed by atoms with Gasteiger partial charge in [0, 0.05) is 30.8 Å². The van der Waals surface area contributed by atoms with Crippen LogP contribution in [0.1, 0.15) is 22.3 Å². The molecular weight excluding hydrogens is 263 g/mol. The number of amides is 2. The molecule has 0 bridgehead atoms. The van der Waals surface area contributed by atoms with Gasteiger partial charge < -0.3 is 5.32 Å². The predicted molar refractivity (Wildman–Crippen MR) is 71.0 cm³/mol. The number of hydrogen-bond acceptors (Lipinski definition) is 4. The van der Waals surface area contributed by atoms with E-state index in [0.29, 0.717) is 24.2 Å². The van der Waals surface area contributed by atoms with Gasteiger partial charge in [0.15, 0.2) is 0 Å². The summed E-state index contributed by atoms with van der Waals surface area (Å²) >= 11 is 0. The molecule has 1 aromatic carbocycles. The average Bonchev–Trinajstić information content (AvgIpc) is 2.64. The molecule has 108 valence electrons. The van der Waals surface area contributed by atoms with Gasteiger partial charge >= 0.3 is 0 Å². The number of nitrogens with two attached hydrogens (primary N) is 1. The molecule has 0 spiro atoms. The number of nitrogens with one attached hydrogen (secondary N) is 2. The van der Waals surface area contributed by atoms with Crippen molar-refractivity contribution >= 4 is 11.8 Å². The topological polar surface area (TPSA) is 87.5 Å². The summed E-state index contributed by atoms with van der Waals surface area (Å²) in [5.74, 6) is 4.12. The lowest BCUT2D eigenvalue weighted by atomic mass is 10.1. The van der Waals surface area contributed by atoms with Gasteiger partial charge in [-0.05, 0) is 24.6 Å². The highest BCUT2D eigenvalue weighted by Crippen LogP contribution is 2.14. The number of benzene rings is 1. The number of nitrogen functional groups attached to an aromatic ring is 1. The zero-order chi connectivity index (χ0) is 14.5. The van der Waals surface area contributed by atoms with E-state index in [9.17, 15) is 14.0 Å². The fourth-order valence-electron chi connectivity index (χ4n) is 2.16. The van der Waals surface area contributed by atoms with Gasteiger partial charge in [0.25, 0.3) is 5.91 Å². The van der Waals surface area contributed by atoms with Gasteiger partial charge in [0.2, 0.25) is 5.91 Å². The maximum atomic E-state index is 13.8. The molecular formula is C13H17FN4O2. The van der Waals surface area contributed by atoms with E-state index in [2.05, 4.69) is 5.32 Å². The van der Waals surface area contributed by atoms with Crippen molar-refractivity contribution in [2.45, 2.75) is 13.0 Å². The van der Waals surface area contributed by atoms with Crippen LogP contribution in [0.2, 0.25) is 0 Å². The summed E-state index contributed by atoms with van der Waals surface area (Å²) < 4.78 is 13.8. The van der Waals surface area contributed by atoms with Crippen molar-refractivity contribution in [3.05, 3.63) is 35.1 Å². The number of carbonyl (C=O) groups excluding carboxylic acids is 2. The van der Waals surface area contributed by atoms with Gasteiger partial charge in [0.05, 0.1) is 6.54 Å². The van der Waals surface area contributed by atoms with E-state index in [1.165, 1.54) is 18.2 Å². The normalized spacial score (nSPS) is 16.4. The first kappa shape index (κ1) is 14.4. The van der Waals surface area contributed by atoms with Crippen molar-refractivity contribution in [2.75, 3.05) is 19.6 Å². The van der Waals surface area contributed by atoms with Crippen LogP contribution in [0.5, 0.6) is 0 Å². The number of hydrazine groups is 1. The molecule has 7 heteroatoms.